The third-order valence-electron chi connectivity index (χ3n) is 3.63. The van der Waals surface area contributed by atoms with Crippen molar-refractivity contribution in [2.24, 2.45) is 5.92 Å². The van der Waals surface area contributed by atoms with Crippen LogP contribution in [0.25, 0.3) is 0 Å². The molecule has 1 unspecified atom stereocenters. The van der Waals surface area contributed by atoms with Crippen LogP contribution in [0.4, 0.5) is 4.39 Å². The lowest BCUT2D eigenvalue weighted by molar-refractivity contribution is -0.123. The molecule has 4 heteroatoms. The van der Waals surface area contributed by atoms with E-state index >= 15 is 0 Å². The van der Waals surface area contributed by atoms with Crippen molar-refractivity contribution in [2.75, 3.05) is 6.61 Å². The van der Waals surface area contributed by atoms with Gasteiger partial charge in [0, 0.05) is 10.9 Å². The molecule has 0 aromatic heterocycles. The number of Topliss-reactive ketones (excluding diaryl/α,β-unsaturated/α-hetero) is 1. The van der Waals surface area contributed by atoms with Gasteiger partial charge in [0.2, 0.25) is 0 Å². The summed E-state index contributed by atoms with van der Waals surface area (Å²) in [5.41, 5.74) is 1.74. The van der Waals surface area contributed by atoms with Crippen molar-refractivity contribution in [3.8, 4) is 5.75 Å². The lowest BCUT2D eigenvalue weighted by atomic mass is 9.90. The number of carbonyl (C=O) groups is 1. The van der Waals surface area contributed by atoms with Gasteiger partial charge in [-0.3, -0.25) is 4.79 Å². The van der Waals surface area contributed by atoms with Crippen LogP contribution in [0.3, 0.4) is 0 Å². The summed E-state index contributed by atoms with van der Waals surface area (Å²) in [6, 6.07) is 12.3. The largest absolute Gasteiger partial charge is 0.493 e. The number of para-hydroxylation sites is 1. The maximum atomic E-state index is 13.4. The standard InChI is InChI=1S/C17H14BrFO2/c18-14-5-11(6-15(19)9-14)7-16(20)13-8-12-3-1-2-4-17(12)21-10-13/h1-6,9,13H,7-8,10H2. The first-order chi connectivity index (χ1) is 10.1. The molecule has 0 N–H and O–H groups in total. The molecule has 2 nitrogen and oxygen atoms in total. The Morgan fingerprint density at radius 2 is 2.10 bits per heavy atom. The first-order valence-electron chi connectivity index (χ1n) is 6.80. The molecule has 3 rings (SSSR count). The molecule has 0 amide bonds. The van der Waals surface area contributed by atoms with Gasteiger partial charge in [0.25, 0.3) is 0 Å². The van der Waals surface area contributed by atoms with E-state index in [0.29, 0.717) is 23.1 Å². The first kappa shape index (κ1) is 14.3. The molecule has 0 radical (unpaired) electrons. The molecule has 2 aromatic carbocycles. The zero-order chi connectivity index (χ0) is 14.8. The van der Waals surface area contributed by atoms with Crippen molar-refractivity contribution in [3.63, 3.8) is 0 Å². The third-order valence-corrected chi connectivity index (χ3v) is 4.09. The molecule has 2 aromatic rings. The predicted molar refractivity (Wildman–Crippen MR) is 81.9 cm³/mol. The van der Waals surface area contributed by atoms with E-state index in [-0.39, 0.29) is 23.9 Å². The summed E-state index contributed by atoms with van der Waals surface area (Å²) in [5.74, 6) is 0.441. The Morgan fingerprint density at radius 3 is 2.90 bits per heavy atom. The highest BCUT2D eigenvalue weighted by Gasteiger charge is 2.25. The monoisotopic (exact) mass is 348 g/mol. The van der Waals surface area contributed by atoms with Crippen molar-refractivity contribution in [2.45, 2.75) is 12.8 Å². The zero-order valence-corrected chi connectivity index (χ0v) is 12.9. The van der Waals surface area contributed by atoms with Crippen LogP contribution >= 0.6 is 15.9 Å². The lowest BCUT2D eigenvalue weighted by Crippen LogP contribution is -2.29. The number of hydrogen-bond acceptors (Lipinski definition) is 2. The summed E-state index contributed by atoms with van der Waals surface area (Å²) < 4.78 is 19.6. The quantitative estimate of drug-likeness (QED) is 0.839. The molecule has 1 aliphatic heterocycles. The van der Waals surface area contributed by atoms with Gasteiger partial charge in [0.1, 0.15) is 17.3 Å². The van der Waals surface area contributed by atoms with E-state index in [1.165, 1.54) is 12.1 Å². The average Bonchev–Trinajstić information content (AvgIpc) is 2.45. The second-order valence-electron chi connectivity index (χ2n) is 5.24. The van der Waals surface area contributed by atoms with E-state index in [0.717, 1.165) is 11.3 Å². The van der Waals surface area contributed by atoms with Gasteiger partial charge >= 0.3 is 0 Å². The molecule has 1 heterocycles. The molecule has 0 saturated heterocycles. The maximum Gasteiger partial charge on any atom is 0.144 e. The number of hydrogen-bond donors (Lipinski definition) is 0. The number of carbonyl (C=O) groups excluding carboxylic acids is 1. The normalized spacial score (nSPS) is 17.0. The van der Waals surface area contributed by atoms with Crippen LogP contribution in [0.2, 0.25) is 0 Å². The molecular formula is C17H14BrFO2. The Balaban J connectivity index is 1.72. The van der Waals surface area contributed by atoms with E-state index in [4.69, 9.17) is 4.74 Å². The number of rotatable bonds is 3. The van der Waals surface area contributed by atoms with Crippen molar-refractivity contribution >= 4 is 21.7 Å². The molecule has 0 bridgehead atoms. The van der Waals surface area contributed by atoms with E-state index in [1.54, 1.807) is 6.07 Å². The highest BCUT2D eigenvalue weighted by atomic mass is 79.9. The van der Waals surface area contributed by atoms with Crippen LogP contribution in [0.1, 0.15) is 11.1 Å². The van der Waals surface area contributed by atoms with Crippen molar-refractivity contribution in [1.82, 2.24) is 0 Å². The molecule has 0 spiro atoms. The van der Waals surface area contributed by atoms with Gasteiger partial charge in [-0.1, -0.05) is 34.1 Å². The summed E-state index contributed by atoms with van der Waals surface area (Å²) in [5, 5.41) is 0. The van der Waals surface area contributed by atoms with Gasteiger partial charge in [-0.25, -0.2) is 4.39 Å². The van der Waals surface area contributed by atoms with Crippen LogP contribution in [-0.4, -0.2) is 12.4 Å². The molecular weight excluding hydrogens is 335 g/mol. The van der Waals surface area contributed by atoms with E-state index < -0.39 is 0 Å². The summed E-state index contributed by atoms with van der Waals surface area (Å²) >= 11 is 3.24. The molecule has 21 heavy (non-hydrogen) atoms. The van der Waals surface area contributed by atoms with Gasteiger partial charge in [-0.2, -0.15) is 0 Å². The number of halogens is 2. The Kier molecular flexibility index (Phi) is 4.06. The number of ether oxygens (including phenoxy) is 1. The molecule has 0 aliphatic carbocycles. The van der Waals surface area contributed by atoms with Crippen LogP contribution in [-0.2, 0) is 17.6 Å². The van der Waals surface area contributed by atoms with Crippen LogP contribution in [0.5, 0.6) is 5.75 Å². The number of ketones is 1. The fraction of sp³-hybridized carbons (Fsp3) is 0.235. The fourth-order valence-electron chi connectivity index (χ4n) is 2.59. The molecule has 1 atom stereocenters. The van der Waals surface area contributed by atoms with Crippen molar-refractivity contribution in [3.05, 3.63) is 63.9 Å². The van der Waals surface area contributed by atoms with Gasteiger partial charge in [0.15, 0.2) is 0 Å². The molecule has 1 aliphatic rings. The highest BCUT2D eigenvalue weighted by Crippen LogP contribution is 2.28. The van der Waals surface area contributed by atoms with Crippen molar-refractivity contribution in [1.29, 1.82) is 0 Å². The Bertz CT molecular complexity index is 664. The molecule has 0 saturated carbocycles. The Morgan fingerprint density at radius 1 is 1.29 bits per heavy atom. The van der Waals surface area contributed by atoms with E-state index in [9.17, 15) is 9.18 Å². The SMILES string of the molecule is O=C(Cc1cc(F)cc(Br)c1)C1COc2ccccc2C1. The molecule has 0 fully saturated rings. The smallest absolute Gasteiger partial charge is 0.144 e. The second-order valence-corrected chi connectivity index (χ2v) is 6.16. The zero-order valence-electron chi connectivity index (χ0n) is 11.3. The fourth-order valence-corrected chi connectivity index (χ4v) is 3.11. The van der Waals surface area contributed by atoms with E-state index in [1.807, 2.05) is 24.3 Å². The van der Waals surface area contributed by atoms with Gasteiger partial charge < -0.3 is 4.74 Å². The van der Waals surface area contributed by atoms with Gasteiger partial charge in [0.05, 0.1) is 12.5 Å². The van der Waals surface area contributed by atoms with Gasteiger partial charge in [-0.05, 0) is 41.8 Å². The van der Waals surface area contributed by atoms with Crippen LogP contribution < -0.4 is 4.74 Å². The predicted octanol–water partition coefficient (Wildman–Crippen LogP) is 3.95. The Labute approximate surface area is 131 Å². The summed E-state index contributed by atoms with van der Waals surface area (Å²) in [4.78, 5) is 12.4. The van der Waals surface area contributed by atoms with Gasteiger partial charge in [-0.15, -0.1) is 0 Å². The second kappa shape index (κ2) is 5.98. The van der Waals surface area contributed by atoms with Crippen LogP contribution in [0, 0.1) is 11.7 Å². The summed E-state index contributed by atoms with van der Waals surface area (Å²) in [6.07, 6.45) is 0.915. The minimum absolute atomic E-state index is 0.0852. The number of fused-ring (bicyclic) bond motifs is 1. The highest BCUT2D eigenvalue weighted by molar-refractivity contribution is 9.10. The van der Waals surface area contributed by atoms with E-state index in [2.05, 4.69) is 15.9 Å². The maximum absolute atomic E-state index is 13.4. The number of benzene rings is 2. The summed E-state index contributed by atoms with van der Waals surface area (Å²) in [6.45, 7) is 0.395. The lowest BCUT2D eigenvalue weighted by Gasteiger charge is -2.24. The summed E-state index contributed by atoms with van der Waals surface area (Å²) in [7, 11) is 0. The average molecular weight is 349 g/mol. The minimum Gasteiger partial charge on any atom is -0.493 e. The minimum atomic E-state index is -0.336. The van der Waals surface area contributed by atoms with Crippen molar-refractivity contribution < 1.29 is 13.9 Å². The van der Waals surface area contributed by atoms with Crippen LogP contribution in [0.15, 0.2) is 46.9 Å². The third kappa shape index (κ3) is 3.32. The topological polar surface area (TPSA) is 26.3 Å². The molecule has 108 valence electrons. The first-order valence-corrected chi connectivity index (χ1v) is 7.59. The Hall–Kier alpha value is -1.68.